The highest BCUT2D eigenvalue weighted by Crippen LogP contribution is 2.50. The first-order valence-electron chi connectivity index (χ1n) is 10.3. The van der Waals surface area contributed by atoms with Crippen molar-refractivity contribution in [2.45, 2.75) is 38.6 Å². The third-order valence-corrected chi connectivity index (χ3v) is 8.21. The van der Waals surface area contributed by atoms with Crippen LogP contribution in [0.3, 0.4) is 0 Å². The molecule has 2 N–H and O–H groups in total. The van der Waals surface area contributed by atoms with Crippen LogP contribution in [-0.2, 0) is 4.79 Å². The largest absolute Gasteiger partial charge is 0.361 e. The lowest BCUT2D eigenvalue weighted by molar-refractivity contribution is -0.129. The molecule has 1 saturated heterocycles. The third-order valence-electron chi connectivity index (χ3n) is 6.38. The Morgan fingerprint density at radius 2 is 2.03 bits per heavy atom. The maximum absolute atomic E-state index is 14.8. The van der Waals surface area contributed by atoms with Gasteiger partial charge in [-0.2, -0.15) is 0 Å². The number of nitrogens with zero attached hydrogens (tertiary/aromatic N) is 2. The fourth-order valence-corrected chi connectivity index (χ4v) is 6.07. The number of hydrogen-bond donors (Lipinski definition) is 2. The Kier molecular flexibility index (Phi) is 6.45. The third kappa shape index (κ3) is 4.40. The van der Waals surface area contributed by atoms with Gasteiger partial charge in [-0.05, 0) is 42.3 Å². The van der Waals surface area contributed by atoms with Gasteiger partial charge in [0.15, 0.2) is 0 Å². The Labute approximate surface area is 191 Å². The van der Waals surface area contributed by atoms with Crippen molar-refractivity contribution in [1.29, 1.82) is 0 Å². The van der Waals surface area contributed by atoms with Gasteiger partial charge in [0.2, 0.25) is 5.91 Å². The first-order chi connectivity index (χ1) is 14.3. The molecule has 1 unspecified atom stereocenters. The fourth-order valence-electron chi connectivity index (χ4n) is 4.50. The van der Waals surface area contributed by atoms with E-state index in [0.29, 0.717) is 23.7 Å². The van der Waals surface area contributed by atoms with Crippen LogP contribution in [0, 0.1) is 17.2 Å². The smallest absolute Gasteiger partial charge is 0.226 e. The maximum atomic E-state index is 14.8. The highest BCUT2D eigenvalue weighted by Gasteiger charge is 2.43. The van der Waals surface area contributed by atoms with Gasteiger partial charge in [-0.15, -0.1) is 0 Å². The molecule has 2 aliphatic heterocycles. The van der Waals surface area contributed by atoms with Crippen LogP contribution in [0.25, 0.3) is 0 Å². The fraction of sp³-hybridized carbons (Fsp3) is 0.571. The molecule has 0 bridgehead atoms. The predicted molar refractivity (Wildman–Crippen MR) is 120 cm³/mol. The van der Waals surface area contributed by atoms with Crippen LogP contribution in [0.4, 0.5) is 4.39 Å². The Morgan fingerprint density at radius 3 is 2.67 bits per heavy atom. The molecule has 0 radical (unpaired) electrons. The summed E-state index contributed by atoms with van der Waals surface area (Å²) in [6.45, 7) is 4.23. The van der Waals surface area contributed by atoms with Gasteiger partial charge in [-0.1, -0.05) is 43.0 Å². The molecule has 30 heavy (non-hydrogen) atoms. The number of nitrogens with one attached hydrogen (secondary N) is 2. The van der Waals surface area contributed by atoms with Gasteiger partial charge in [-0.3, -0.25) is 4.79 Å². The number of carbonyl (C=O) groups excluding carboxylic acids is 1. The normalized spacial score (nSPS) is 22.4. The molecule has 5 nitrogen and oxygen atoms in total. The molecule has 1 saturated carbocycles. The average molecular weight is 473 g/mol. The van der Waals surface area contributed by atoms with Crippen molar-refractivity contribution < 1.29 is 9.18 Å². The Hall–Kier alpha value is -1.15. The van der Waals surface area contributed by atoms with Gasteiger partial charge in [-0.25, -0.2) is 8.70 Å². The number of hydrogen-bond acceptors (Lipinski definition) is 5. The van der Waals surface area contributed by atoms with Crippen molar-refractivity contribution in [3.8, 4) is 0 Å². The molecular formula is C21H27Cl2FN4OS. The summed E-state index contributed by atoms with van der Waals surface area (Å²) in [5.41, 5.74) is 0.0717. The van der Waals surface area contributed by atoms with Crippen LogP contribution in [0.2, 0.25) is 10.0 Å². The monoisotopic (exact) mass is 472 g/mol. The van der Waals surface area contributed by atoms with Crippen molar-refractivity contribution in [2.24, 2.45) is 11.3 Å². The van der Waals surface area contributed by atoms with E-state index in [4.69, 9.17) is 23.2 Å². The van der Waals surface area contributed by atoms with Crippen LogP contribution in [0.15, 0.2) is 23.4 Å². The van der Waals surface area contributed by atoms with Gasteiger partial charge >= 0.3 is 0 Å². The van der Waals surface area contributed by atoms with Crippen molar-refractivity contribution in [3.05, 3.63) is 44.8 Å². The minimum absolute atomic E-state index is 0.0501. The van der Waals surface area contributed by atoms with Crippen molar-refractivity contribution in [2.75, 3.05) is 26.8 Å². The van der Waals surface area contributed by atoms with Gasteiger partial charge in [0, 0.05) is 31.9 Å². The van der Waals surface area contributed by atoms with E-state index in [9.17, 15) is 9.18 Å². The molecule has 1 aliphatic carbocycles. The van der Waals surface area contributed by atoms with Crippen LogP contribution < -0.4 is 10.6 Å². The Morgan fingerprint density at radius 1 is 1.33 bits per heavy atom. The highest BCUT2D eigenvalue weighted by atomic mass is 35.5. The van der Waals surface area contributed by atoms with Crippen molar-refractivity contribution >= 4 is 41.1 Å². The van der Waals surface area contributed by atoms with E-state index < -0.39 is 11.9 Å². The summed E-state index contributed by atoms with van der Waals surface area (Å²) in [6.07, 6.45) is 6.01. The quantitative estimate of drug-likeness (QED) is 0.462. The Bertz CT molecular complexity index is 856. The maximum Gasteiger partial charge on any atom is 0.226 e. The second-order valence-electron chi connectivity index (χ2n) is 8.78. The van der Waals surface area contributed by atoms with E-state index >= 15 is 0 Å². The van der Waals surface area contributed by atoms with Gasteiger partial charge < -0.3 is 15.5 Å². The lowest BCUT2D eigenvalue weighted by Gasteiger charge is -2.40. The molecule has 9 heteroatoms. The molecule has 1 atom stereocenters. The summed E-state index contributed by atoms with van der Waals surface area (Å²) in [6, 6.07) is 2.30. The highest BCUT2D eigenvalue weighted by molar-refractivity contribution is 8.00. The first-order valence-corrected chi connectivity index (χ1v) is 11.8. The Balaban J connectivity index is 1.46. The summed E-state index contributed by atoms with van der Waals surface area (Å²) in [5.74, 6) is -0.589. The lowest BCUT2D eigenvalue weighted by atomic mass is 9.76. The lowest BCUT2D eigenvalue weighted by Crippen LogP contribution is -2.52. The summed E-state index contributed by atoms with van der Waals surface area (Å²) in [7, 11) is 2.01. The van der Waals surface area contributed by atoms with E-state index in [1.165, 1.54) is 12.1 Å². The minimum Gasteiger partial charge on any atom is -0.361 e. The first kappa shape index (κ1) is 22.1. The number of halogens is 3. The molecule has 164 valence electrons. The number of rotatable bonds is 6. The molecule has 0 aromatic heterocycles. The molecule has 0 spiro atoms. The van der Waals surface area contributed by atoms with Crippen molar-refractivity contribution in [3.63, 3.8) is 0 Å². The van der Waals surface area contributed by atoms with Crippen LogP contribution in [0.5, 0.6) is 0 Å². The van der Waals surface area contributed by atoms with E-state index in [1.807, 2.05) is 7.05 Å². The van der Waals surface area contributed by atoms with Gasteiger partial charge in [0.05, 0.1) is 28.7 Å². The summed E-state index contributed by atoms with van der Waals surface area (Å²) in [5, 5.41) is 8.04. The van der Waals surface area contributed by atoms with Crippen LogP contribution in [0.1, 0.15) is 44.2 Å². The second kappa shape index (κ2) is 8.77. The zero-order valence-corrected chi connectivity index (χ0v) is 19.5. The molecule has 2 heterocycles. The summed E-state index contributed by atoms with van der Waals surface area (Å²) >= 11 is 14.2. The van der Waals surface area contributed by atoms with Crippen LogP contribution >= 0.6 is 35.1 Å². The van der Waals surface area contributed by atoms with Crippen LogP contribution in [-0.4, -0.2) is 41.9 Å². The molecule has 1 amide bonds. The second-order valence-corrected chi connectivity index (χ2v) is 10.7. The standard InChI is InChI=1S/C21H27Cl2FN4OS/c1-21(7-3-4-8-21)19(17-15(24)6-5-14(22)18(17)23)26-20(29)13-9-28(10-13)30-16-11-27(2)12-25-16/h5-6,11,13,19,25H,3-4,7-10,12H2,1-2H3,(H,26,29). The van der Waals surface area contributed by atoms with Gasteiger partial charge in [0.25, 0.3) is 0 Å². The summed E-state index contributed by atoms with van der Waals surface area (Å²) in [4.78, 5) is 15.1. The van der Waals surface area contributed by atoms with E-state index in [0.717, 1.165) is 37.4 Å². The van der Waals surface area contributed by atoms with E-state index in [-0.39, 0.29) is 22.3 Å². The number of benzene rings is 1. The molecule has 4 rings (SSSR count). The number of carbonyl (C=O) groups is 1. The molecule has 1 aromatic carbocycles. The zero-order chi connectivity index (χ0) is 21.5. The molecule has 1 aromatic rings. The average Bonchev–Trinajstić information content (AvgIpc) is 3.29. The molecular weight excluding hydrogens is 446 g/mol. The van der Waals surface area contributed by atoms with Crippen molar-refractivity contribution in [1.82, 2.24) is 19.8 Å². The zero-order valence-electron chi connectivity index (χ0n) is 17.2. The van der Waals surface area contributed by atoms with E-state index in [2.05, 4.69) is 33.0 Å². The predicted octanol–water partition coefficient (Wildman–Crippen LogP) is 4.74. The summed E-state index contributed by atoms with van der Waals surface area (Å²) < 4.78 is 17.0. The minimum atomic E-state index is -0.492. The molecule has 2 fully saturated rings. The molecule has 3 aliphatic rings. The van der Waals surface area contributed by atoms with Gasteiger partial charge in [0.1, 0.15) is 10.8 Å². The topological polar surface area (TPSA) is 47.6 Å². The van der Waals surface area contributed by atoms with E-state index in [1.54, 1.807) is 11.9 Å². The number of amides is 1. The SMILES string of the molecule is CN1C=C(SN2CC(C(=O)NC(c3c(F)ccc(Cl)c3Cl)C3(C)CCCC3)C2)NC1.